The number of aromatic amines is 1. The predicted molar refractivity (Wildman–Crippen MR) is 168 cm³/mol. The van der Waals surface area contributed by atoms with Crippen molar-refractivity contribution in [3.63, 3.8) is 0 Å². The zero-order valence-corrected chi connectivity index (χ0v) is 25.5. The van der Waals surface area contributed by atoms with Crippen molar-refractivity contribution in [3.8, 4) is 0 Å². The molecule has 1 saturated heterocycles. The Kier molecular flexibility index (Phi) is 7.90. The molecule has 4 amide bonds. The van der Waals surface area contributed by atoms with Crippen LogP contribution < -0.4 is 16.4 Å². The summed E-state index contributed by atoms with van der Waals surface area (Å²) in [5.74, 6) is 0.694. The number of para-hydroxylation sites is 3. The van der Waals surface area contributed by atoms with Crippen LogP contribution in [0, 0.1) is 0 Å². The van der Waals surface area contributed by atoms with Crippen molar-refractivity contribution < 1.29 is 9.59 Å². The zero-order valence-electron chi connectivity index (χ0n) is 22.4. The summed E-state index contributed by atoms with van der Waals surface area (Å²) in [7, 11) is 0. The number of carbonyl (C=O) groups is 2. The maximum absolute atomic E-state index is 13.6. The molecule has 6 rings (SSSR count). The number of benzene rings is 3. The van der Waals surface area contributed by atoms with Gasteiger partial charge in [0.15, 0.2) is 0 Å². The Morgan fingerprint density at radius 3 is 2.51 bits per heavy atom. The molecule has 0 bridgehead atoms. The van der Waals surface area contributed by atoms with Gasteiger partial charge in [-0.1, -0.05) is 30.3 Å². The fraction of sp³-hybridized carbons (Fsp3) is 0.300. The van der Waals surface area contributed by atoms with Gasteiger partial charge in [0.05, 0.1) is 22.8 Å². The Bertz CT molecular complexity index is 1540. The van der Waals surface area contributed by atoms with Gasteiger partial charge in [-0.3, -0.25) is 0 Å². The van der Waals surface area contributed by atoms with Crippen LogP contribution in [0.4, 0.5) is 21.0 Å². The Hall–Kier alpha value is -3.57. The molecule has 0 aliphatic carbocycles. The molecule has 1 atom stereocenters. The van der Waals surface area contributed by atoms with E-state index in [9.17, 15) is 9.59 Å². The molecule has 212 valence electrons. The molecule has 11 heteroatoms. The molecule has 1 fully saturated rings. The third-order valence-corrected chi connectivity index (χ3v) is 9.26. The first-order valence-corrected chi connectivity index (χ1v) is 15.3. The monoisotopic (exact) mass is 679 g/mol. The standard InChI is InChI=1S/C30H31Br2N7O2/c31-21-15-18(16-22(32)27(21)33)17-26(28-34-24-7-3-4-8-25(24)35-28)37-29(40)38-12-10-20(11-13-38)39-14-9-19-5-1-2-6-23(19)36-30(39)41/h1-8,15-16,20,26H,9-14,17,33H2,(H,34,35)(H,36,41)(H,37,40)/t26-/m1/s1. The molecular weight excluding hydrogens is 650 g/mol. The van der Waals surface area contributed by atoms with Crippen molar-refractivity contribution in [2.24, 2.45) is 0 Å². The number of anilines is 2. The highest BCUT2D eigenvalue weighted by atomic mass is 79.9. The lowest BCUT2D eigenvalue weighted by Gasteiger charge is -2.38. The van der Waals surface area contributed by atoms with E-state index in [1.807, 2.05) is 64.4 Å². The van der Waals surface area contributed by atoms with Gasteiger partial charge in [-0.05, 0) is 92.6 Å². The van der Waals surface area contributed by atoms with Crippen LogP contribution in [0.25, 0.3) is 11.0 Å². The van der Waals surface area contributed by atoms with Gasteiger partial charge in [-0.2, -0.15) is 0 Å². The van der Waals surface area contributed by atoms with Gasteiger partial charge in [0.1, 0.15) is 5.82 Å². The second-order valence-electron chi connectivity index (χ2n) is 10.6. The number of nitrogen functional groups attached to an aromatic ring is 1. The number of likely N-dealkylation sites (tertiary alicyclic amines) is 1. The summed E-state index contributed by atoms with van der Waals surface area (Å²) in [6.45, 7) is 1.80. The van der Waals surface area contributed by atoms with Crippen molar-refractivity contribution in [1.29, 1.82) is 0 Å². The Morgan fingerprint density at radius 2 is 1.76 bits per heavy atom. The third kappa shape index (κ3) is 5.92. The number of rotatable bonds is 5. The Labute approximate surface area is 255 Å². The van der Waals surface area contributed by atoms with Gasteiger partial charge in [-0.25, -0.2) is 14.6 Å². The quantitative estimate of drug-likeness (QED) is 0.187. The normalized spacial score (nSPS) is 16.7. The number of halogens is 2. The lowest BCUT2D eigenvalue weighted by Crippen LogP contribution is -2.52. The SMILES string of the molecule is Nc1c(Br)cc(C[C@@H](NC(=O)N2CCC(N3CCc4ccccc4NC3=O)CC2)c2nc3ccccc3[nH]2)cc1Br. The zero-order chi connectivity index (χ0) is 28.5. The molecule has 2 aliphatic heterocycles. The summed E-state index contributed by atoms with van der Waals surface area (Å²) in [5.41, 5.74) is 11.5. The second kappa shape index (κ2) is 11.7. The highest BCUT2D eigenvalue weighted by Crippen LogP contribution is 2.32. The van der Waals surface area contributed by atoms with Gasteiger partial charge in [0.2, 0.25) is 0 Å². The topological polar surface area (TPSA) is 119 Å². The molecule has 3 heterocycles. The average Bonchev–Trinajstić information content (AvgIpc) is 3.33. The number of urea groups is 2. The molecule has 1 aromatic heterocycles. The van der Waals surface area contributed by atoms with Crippen molar-refractivity contribution in [2.45, 2.75) is 37.8 Å². The molecule has 0 saturated carbocycles. The second-order valence-corrected chi connectivity index (χ2v) is 12.3. The smallest absolute Gasteiger partial charge is 0.322 e. The summed E-state index contributed by atoms with van der Waals surface area (Å²) in [4.78, 5) is 38.5. The van der Waals surface area contributed by atoms with Gasteiger partial charge >= 0.3 is 12.1 Å². The molecule has 4 aromatic rings. The van der Waals surface area contributed by atoms with E-state index in [2.05, 4.69) is 53.5 Å². The van der Waals surface area contributed by atoms with Crippen molar-refractivity contribution >= 4 is 66.3 Å². The highest BCUT2D eigenvalue weighted by molar-refractivity contribution is 9.11. The fourth-order valence-corrected chi connectivity index (χ4v) is 6.98. The maximum Gasteiger partial charge on any atom is 0.322 e. The van der Waals surface area contributed by atoms with Gasteiger partial charge in [0.25, 0.3) is 0 Å². The van der Waals surface area contributed by atoms with Crippen LogP contribution in [-0.4, -0.2) is 57.5 Å². The van der Waals surface area contributed by atoms with E-state index in [1.54, 1.807) is 0 Å². The molecule has 0 radical (unpaired) electrons. The summed E-state index contributed by atoms with van der Waals surface area (Å²) in [6.07, 6.45) is 2.79. The van der Waals surface area contributed by atoms with E-state index in [0.717, 1.165) is 56.1 Å². The number of amides is 4. The van der Waals surface area contributed by atoms with Crippen LogP contribution in [0.3, 0.4) is 0 Å². The van der Waals surface area contributed by atoms with Gasteiger partial charge in [0, 0.05) is 46.7 Å². The molecular formula is C30H31Br2N7O2. The number of H-pyrrole nitrogens is 1. The molecule has 0 unspecified atom stereocenters. The average molecular weight is 681 g/mol. The van der Waals surface area contributed by atoms with Crippen molar-refractivity contribution in [3.05, 3.63) is 86.6 Å². The van der Waals surface area contributed by atoms with Crippen LogP contribution in [0.1, 0.15) is 35.8 Å². The number of fused-ring (bicyclic) bond motifs is 2. The number of piperidine rings is 1. The summed E-state index contributed by atoms with van der Waals surface area (Å²) < 4.78 is 1.58. The lowest BCUT2D eigenvalue weighted by molar-refractivity contribution is 0.133. The van der Waals surface area contributed by atoms with E-state index in [-0.39, 0.29) is 24.1 Å². The molecule has 0 spiro atoms. The predicted octanol–water partition coefficient (Wildman–Crippen LogP) is 6.22. The van der Waals surface area contributed by atoms with Crippen LogP contribution in [0.15, 0.2) is 69.6 Å². The molecule has 3 aromatic carbocycles. The van der Waals surface area contributed by atoms with E-state index in [0.29, 0.717) is 37.6 Å². The first-order chi connectivity index (χ1) is 19.9. The van der Waals surface area contributed by atoms with E-state index in [1.165, 1.54) is 0 Å². The lowest BCUT2D eigenvalue weighted by atomic mass is 10.0. The maximum atomic E-state index is 13.6. The first kappa shape index (κ1) is 27.6. The van der Waals surface area contributed by atoms with Crippen molar-refractivity contribution in [1.82, 2.24) is 25.1 Å². The molecule has 41 heavy (non-hydrogen) atoms. The van der Waals surface area contributed by atoms with E-state index in [4.69, 9.17) is 10.7 Å². The van der Waals surface area contributed by atoms with Crippen LogP contribution >= 0.6 is 31.9 Å². The fourth-order valence-electron chi connectivity index (χ4n) is 5.70. The van der Waals surface area contributed by atoms with Crippen LogP contribution in [0.2, 0.25) is 0 Å². The molecule has 9 nitrogen and oxygen atoms in total. The minimum absolute atomic E-state index is 0.0661. The van der Waals surface area contributed by atoms with E-state index < -0.39 is 0 Å². The van der Waals surface area contributed by atoms with Gasteiger partial charge in [-0.15, -0.1) is 0 Å². The van der Waals surface area contributed by atoms with Crippen LogP contribution in [-0.2, 0) is 12.8 Å². The number of nitrogens with one attached hydrogen (secondary N) is 3. The molecule has 2 aliphatic rings. The van der Waals surface area contributed by atoms with Crippen molar-refractivity contribution in [2.75, 3.05) is 30.7 Å². The van der Waals surface area contributed by atoms with Crippen LogP contribution in [0.5, 0.6) is 0 Å². The Balaban J connectivity index is 1.15. The Morgan fingerprint density at radius 1 is 1.05 bits per heavy atom. The number of aromatic nitrogens is 2. The minimum Gasteiger partial charge on any atom is -0.397 e. The number of hydrogen-bond donors (Lipinski definition) is 4. The number of hydrogen-bond acceptors (Lipinski definition) is 4. The summed E-state index contributed by atoms with van der Waals surface area (Å²) in [6, 6.07) is 19.2. The highest BCUT2D eigenvalue weighted by Gasteiger charge is 2.32. The van der Waals surface area contributed by atoms with Gasteiger partial charge < -0.3 is 31.2 Å². The third-order valence-electron chi connectivity index (χ3n) is 7.95. The molecule has 5 N–H and O–H groups in total. The largest absolute Gasteiger partial charge is 0.397 e. The number of carbonyl (C=O) groups excluding carboxylic acids is 2. The first-order valence-electron chi connectivity index (χ1n) is 13.7. The summed E-state index contributed by atoms with van der Waals surface area (Å²) in [5, 5.41) is 6.29. The number of nitrogens with two attached hydrogens (primary N) is 1. The summed E-state index contributed by atoms with van der Waals surface area (Å²) >= 11 is 7.07. The number of nitrogens with zero attached hydrogens (tertiary/aromatic N) is 3. The van der Waals surface area contributed by atoms with E-state index >= 15 is 0 Å². The number of imidazole rings is 1. The minimum atomic E-state index is -0.384.